The van der Waals surface area contributed by atoms with Crippen LogP contribution in [0.2, 0.25) is 0 Å². The molecule has 14 heavy (non-hydrogen) atoms. The molecule has 0 bridgehead atoms. The lowest BCUT2D eigenvalue weighted by Crippen LogP contribution is -2.50. The molecule has 0 aromatic carbocycles. The highest BCUT2D eigenvalue weighted by Crippen LogP contribution is 2.01. The SMILES string of the molecule is C=CCNC(=O)NC1CCC(=O)NC1. The Morgan fingerprint density at radius 1 is 1.71 bits per heavy atom. The average Bonchev–Trinajstić information content (AvgIpc) is 2.18. The van der Waals surface area contributed by atoms with Gasteiger partial charge in [-0.25, -0.2) is 4.79 Å². The molecule has 1 heterocycles. The molecule has 1 atom stereocenters. The first-order valence-corrected chi connectivity index (χ1v) is 4.64. The molecule has 3 amide bonds. The van der Waals surface area contributed by atoms with E-state index in [9.17, 15) is 9.59 Å². The Labute approximate surface area is 82.9 Å². The fraction of sp³-hybridized carbons (Fsp3) is 0.556. The van der Waals surface area contributed by atoms with Crippen molar-refractivity contribution in [2.45, 2.75) is 18.9 Å². The van der Waals surface area contributed by atoms with E-state index < -0.39 is 0 Å². The van der Waals surface area contributed by atoms with Gasteiger partial charge < -0.3 is 16.0 Å². The topological polar surface area (TPSA) is 70.2 Å². The summed E-state index contributed by atoms with van der Waals surface area (Å²) in [6.45, 7) is 4.45. The molecule has 1 unspecified atom stereocenters. The summed E-state index contributed by atoms with van der Waals surface area (Å²) in [6.07, 6.45) is 2.79. The summed E-state index contributed by atoms with van der Waals surface area (Å²) < 4.78 is 0. The second kappa shape index (κ2) is 5.26. The normalized spacial score (nSPS) is 20.9. The number of amides is 3. The monoisotopic (exact) mass is 197 g/mol. The first kappa shape index (κ1) is 10.6. The fourth-order valence-corrected chi connectivity index (χ4v) is 1.26. The van der Waals surface area contributed by atoms with Crippen molar-refractivity contribution in [2.75, 3.05) is 13.1 Å². The smallest absolute Gasteiger partial charge is 0.315 e. The van der Waals surface area contributed by atoms with Gasteiger partial charge in [-0.2, -0.15) is 0 Å². The Bertz CT molecular complexity index is 230. The number of carbonyl (C=O) groups excluding carboxylic acids is 2. The molecule has 1 fully saturated rings. The Kier molecular flexibility index (Phi) is 3.97. The van der Waals surface area contributed by atoms with Crippen molar-refractivity contribution in [2.24, 2.45) is 0 Å². The van der Waals surface area contributed by atoms with Gasteiger partial charge in [0, 0.05) is 25.6 Å². The summed E-state index contributed by atoms with van der Waals surface area (Å²) >= 11 is 0. The van der Waals surface area contributed by atoms with E-state index >= 15 is 0 Å². The second-order valence-corrected chi connectivity index (χ2v) is 3.18. The van der Waals surface area contributed by atoms with Crippen molar-refractivity contribution in [1.29, 1.82) is 0 Å². The molecule has 1 aliphatic heterocycles. The minimum absolute atomic E-state index is 0.0394. The average molecular weight is 197 g/mol. The van der Waals surface area contributed by atoms with Crippen molar-refractivity contribution < 1.29 is 9.59 Å². The Balaban J connectivity index is 2.20. The van der Waals surface area contributed by atoms with Gasteiger partial charge in [0.2, 0.25) is 5.91 Å². The van der Waals surface area contributed by atoms with E-state index in [0.717, 1.165) is 0 Å². The first-order chi connectivity index (χ1) is 6.72. The Morgan fingerprint density at radius 3 is 3.07 bits per heavy atom. The highest BCUT2D eigenvalue weighted by Gasteiger charge is 2.18. The van der Waals surface area contributed by atoms with E-state index in [4.69, 9.17) is 0 Å². The summed E-state index contributed by atoms with van der Waals surface area (Å²) in [5.41, 5.74) is 0. The molecule has 1 saturated heterocycles. The van der Waals surface area contributed by atoms with Gasteiger partial charge in [-0.05, 0) is 6.42 Å². The van der Waals surface area contributed by atoms with E-state index in [1.807, 2.05) is 0 Å². The number of hydrogen-bond donors (Lipinski definition) is 3. The lowest BCUT2D eigenvalue weighted by Gasteiger charge is -2.23. The summed E-state index contributed by atoms with van der Waals surface area (Å²) in [5.74, 6) is 0.0505. The molecule has 0 aromatic rings. The summed E-state index contributed by atoms with van der Waals surface area (Å²) in [5, 5.41) is 8.06. The lowest BCUT2D eigenvalue weighted by atomic mass is 10.1. The van der Waals surface area contributed by atoms with Gasteiger partial charge >= 0.3 is 6.03 Å². The molecule has 3 N–H and O–H groups in total. The summed E-state index contributed by atoms with van der Waals surface area (Å²) in [6, 6.07) is -0.177. The zero-order valence-corrected chi connectivity index (χ0v) is 8.01. The molecule has 0 aliphatic carbocycles. The van der Waals surface area contributed by atoms with Crippen LogP contribution < -0.4 is 16.0 Å². The Morgan fingerprint density at radius 2 is 2.50 bits per heavy atom. The maximum Gasteiger partial charge on any atom is 0.315 e. The third-order valence-corrected chi connectivity index (χ3v) is 2.01. The number of piperidine rings is 1. The lowest BCUT2D eigenvalue weighted by molar-refractivity contribution is -0.122. The van der Waals surface area contributed by atoms with Crippen LogP contribution in [0.15, 0.2) is 12.7 Å². The Hall–Kier alpha value is -1.52. The predicted molar refractivity (Wildman–Crippen MR) is 52.8 cm³/mol. The second-order valence-electron chi connectivity index (χ2n) is 3.18. The van der Waals surface area contributed by atoms with Crippen molar-refractivity contribution in [3.8, 4) is 0 Å². The highest BCUT2D eigenvalue weighted by molar-refractivity contribution is 5.78. The zero-order valence-electron chi connectivity index (χ0n) is 8.01. The van der Waals surface area contributed by atoms with Crippen LogP contribution >= 0.6 is 0 Å². The van der Waals surface area contributed by atoms with E-state index in [-0.39, 0.29) is 18.0 Å². The minimum atomic E-state index is -0.217. The number of urea groups is 1. The molecule has 0 spiro atoms. The molecular weight excluding hydrogens is 182 g/mol. The molecule has 1 rings (SSSR count). The number of carbonyl (C=O) groups is 2. The molecule has 1 aliphatic rings. The van der Waals surface area contributed by atoms with E-state index in [2.05, 4.69) is 22.5 Å². The van der Waals surface area contributed by atoms with Gasteiger partial charge in [0.05, 0.1) is 0 Å². The molecule has 78 valence electrons. The van der Waals surface area contributed by atoms with Crippen LogP contribution in [0.25, 0.3) is 0 Å². The maximum absolute atomic E-state index is 11.2. The van der Waals surface area contributed by atoms with Crippen molar-refractivity contribution in [1.82, 2.24) is 16.0 Å². The van der Waals surface area contributed by atoms with Gasteiger partial charge in [0.15, 0.2) is 0 Å². The van der Waals surface area contributed by atoms with Gasteiger partial charge in [0.1, 0.15) is 0 Å². The molecule has 5 nitrogen and oxygen atoms in total. The van der Waals surface area contributed by atoms with Gasteiger partial charge in [-0.3, -0.25) is 4.79 Å². The van der Waals surface area contributed by atoms with Crippen LogP contribution in [0.1, 0.15) is 12.8 Å². The highest BCUT2D eigenvalue weighted by atomic mass is 16.2. The van der Waals surface area contributed by atoms with Crippen molar-refractivity contribution in [3.05, 3.63) is 12.7 Å². The van der Waals surface area contributed by atoms with Crippen LogP contribution in [-0.4, -0.2) is 31.1 Å². The van der Waals surface area contributed by atoms with Crippen molar-refractivity contribution in [3.63, 3.8) is 0 Å². The minimum Gasteiger partial charge on any atom is -0.354 e. The maximum atomic E-state index is 11.2. The predicted octanol–water partition coefficient (Wildman–Crippen LogP) is -0.250. The van der Waals surface area contributed by atoms with E-state index in [1.165, 1.54) is 0 Å². The van der Waals surface area contributed by atoms with Crippen molar-refractivity contribution >= 4 is 11.9 Å². The van der Waals surface area contributed by atoms with Crippen LogP contribution in [0.3, 0.4) is 0 Å². The van der Waals surface area contributed by atoms with E-state index in [1.54, 1.807) is 6.08 Å². The molecule has 0 saturated carbocycles. The summed E-state index contributed by atoms with van der Waals surface area (Å²) in [4.78, 5) is 22.0. The number of nitrogens with one attached hydrogen (secondary N) is 3. The molecule has 0 aromatic heterocycles. The van der Waals surface area contributed by atoms with Gasteiger partial charge in [-0.1, -0.05) is 6.08 Å². The molecule has 5 heteroatoms. The summed E-state index contributed by atoms with van der Waals surface area (Å²) in [7, 11) is 0. The largest absolute Gasteiger partial charge is 0.354 e. The third kappa shape index (κ3) is 3.47. The molecule has 0 radical (unpaired) electrons. The zero-order chi connectivity index (χ0) is 10.4. The fourth-order valence-electron chi connectivity index (χ4n) is 1.26. The van der Waals surface area contributed by atoms with E-state index in [0.29, 0.717) is 25.9 Å². The first-order valence-electron chi connectivity index (χ1n) is 4.64. The molecular formula is C9H15N3O2. The van der Waals surface area contributed by atoms with Gasteiger partial charge in [-0.15, -0.1) is 6.58 Å². The van der Waals surface area contributed by atoms with Crippen LogP contribution in [-0.2, 0) is 4.79 Å². The van der Waals surface area contributed by atoms with Crippen LogP contribution in [0, 0.1) is 0 Å². The van der Waals surface area contributed by atoms with Gasteiger partial charge in [0.25, 0.3) is 0 Å². The standard InChI is InChI=1S/C9H15N3O2/c1-2-5-10-9(14)12-7-3-4-8(13)11-6-7/h2,7H,1,3-6H2,(H,11,13)(H2,10,12,14). The van der Waals surface area contributed by atoms with Crippen LogP contribution in [0.5, 0.6) is 0 Å². The van der Waals surface area contributed by atoms with Crippen LogP contribution in [0.4, 0.5) is 4.79 Å². The quantitative estimate of drug-likeness (QED) is 0.546. The third-order valence-electron chi connectivity index (χ3n) is 2.01. The number of rotatable bonds is 3. The number of hydrogen-bond acceptors (Lipinski definition) is 2.